The summed E-state index contributed by atoms with van der Waals surface area (Å²) >= 11 is 0. The van der Waals surface area contributed by atoms with Crippen molar-refractivity contribution in [3.05, 3.63) is 35.1 Å². The Morgan fingerprint density at radius 3 is 2.56 bits per heavy atom. The molecule has 0 saturated heterocycles. The maximum absolute atomic E-state index is 13.2. The fraction of sp³-hybridized carbons (Fsp3) is 0.625. The highest BCUT2D eigenvalue weighted by atomic mass is 19.1. The largest absolute Gasteiger partial charge is 0.388 e. The van der Waals surface area contributed by atoms with Crippen molar-refractivity contribution in [3.63, 3.8) is 0 Å². The van der Waals surface area contributed by atoms with Crippen LogP contribution in [-0.4, -0.2) is 5.11 Å². The Morgan fingerprint density at radius 2 is 1.89 bits per heavy atom. The Morgan fingerprint density at radius 1 is 1.22 bits per heavy atom. The first-order valence-electron chi connectivity index (χ1n) is 7.11. The fourth-order valence-electron chi connectivity index (χ4n) is 3.01. The summed E-state index contributed by atoms with van der Waals surface area (Å²) in [6.45, 7) is 1.94. The molecule has 0 radical (unpaired) electrons. The zero-order chi connectivity index (χ0) is 13.0. The molecule has 1 aliphatic rings. The van der Waals surface area contributed by atoms with E-state index in [4.69, 9.17) is 0 Å². The first-order valence-corrected chi connectivity index (χ1v) is 7.11. The van der Waals surface area contributed by atoms with E-state index in [0.29, 0.717) is 5.92 Å². The zero-order valence-electron chi connectivity index (χ0n) is 11.2. The van der Waals surface area contributed by atoms with Crippen molar-refractivity contribution in [2.45, 2.75) is 58.0 Å². The van der Waals surface area contributed by atoms with Gasteiger partial charge in [0.25, 0.3) is 0 Å². The van der Waals surface area contributed by atoms with Crippen molar-refractivity contribution in [3.8, 4) is 0 Å². The van der Waals surface area contributed by atoms with Gasteiger partial charge in [0.2, 0.25) is 0 Å². The smallest absolute Gasteiger partial charge is 0.123 e. The van der Waals surface area contributed by atoms with Gasteiger partial charge in [-0.05, 0) is 42.5 Å². The molecule has 0 aromatic heterocycles. The first-order chi connectivity index (χ1) is 8.66. The van der Waals surface area contributed by atoms with Crippen LogP contribution < -0.4 is 0 Å². The van der Waals surface area contributed by atoms with Crippen molar-refractivity contribution in [2.75, 3.05) is 0 Å². The quantitative estimate of drug-likeness (QED) is 0.781. The van der Waals surface area contributed by atoms with Crippen LogP contribution in [0.3, 0.4) is 0 Å². The molecule has 2 heteroatoms. The Kier molecular flexibility index (Phi) is 4.76. The Labute approximate surface area is 109 Å². The summed E-state index contributed by atoms with van der Waals surface area (Å²) in [6.07, 6.45) is 7.90. The summed E-state index contributed by atoms with van der Waals surface area (Å²) in [5.41, 5.74) is 1.75. The SMILES string of the molecule is Cc1ccc(F)cc1C(O)CC1CCCCCC1. The van der Waals surface area contributed by atoms with Crippen molar-refractivity contribution < 1.29 is 9.50 Å². The molecule has 1 atom stereocenters. The third kappa shape index (κ3) is 3.55. The second-order valence-corrected chi connectivity index (χ2v) is 5.61. The topological polar surface area (TPSA) is 20.2 Å². The average molecular weight is 250 g/mol. The van der Waals surface area contributed by atoms with E-state index in [1.165, 1.54) is 50.7 Å². The van der Waals surface area contributed by atoms with Gasteiger partial charge in [-0.1, -0.05) is 44.6 Å². The van der Waals surface area contributed by atoms with Crippen LogP contribution in [0.15, 0.2) is 18.2 Å². The minimum Gasteiger partial charge on any atom is -0.388 e. The fourth-order valence-corrected chi connectivity index (χ4v) is 3.01. The highest BCUT2D eigenvalue weighted by Crippen LogP contribution is 2.32. The number of aryl methyl sites for hydroxylation is 1. The minimum atomic E-state index is -0.510. The monoisotopic (exact) mass is 250 g/mol. The molecule has 0 aliphatic heterocycles. The van der Waals surface area contributed by atoms with E-state index in [-0.39, 0.29) is 5.82 Å². The second-order valence-electron chi connectivity index (χ2n) is 5.61. The predicted octanol–water partition coefficient (Wildman–Crippen LogP) is 4.53. The van der Waals surface area contributed by atoms with Crippen molar-refractivity contribution in [1.29, 1.82) is 0 Å². The number of hydrogen-bond donors (Lipinski definition) is 1. The normalized spacial score (nSPS) is 19.5. The van der Waals surface area contributed by atoms with Crippen LogP contribution in [0.1, 0.15) is 62.2 Å². The Hall–Kier alpha value is -0.890. The summed E-state index contributed by atoms with van der Waals surface area (Å²) in [4.78, 5) is 0. The van der Waals surface area contributed by atoms with Gasteiger partial charge in [0.15, 0.2) is 0 Å². The molecule has 1 aliphatic carbocycles. The molecular formula is C16H23FO. The van der Waals surface area contributed by atoms with E-state index in [1.54, 1.807) is 6.07 Å². The van der Waals surface area contributed by atoms with Gasteiger partial charge in [-0.15, -0.1) is 0 Å². The van der Waals surface area contributed by atoms with Crippen LogP contribution in [-0.2, 0) is 0 Å². The van der Waals surface area contributed by atoms with Crippen LogP contribution >= 0.6 is 0 Å². The molecule has 18 heavy (non-hydrogen) atoms. The molecule has 0 spiro atoms. The van der Waals surface area contributed by atoms with Crippen LogP contribution in [0.2, 0.25) is 0 Å². The summed E-state index contributed by atoms with van der Waals surface area (Å²) in [6, 6.07) is 4.69. The summed E-state index contributed by atoms with van der Waals surface area (Å²) < 4.78 is 13.2. The molecule has 1 aromatic carbocycles. The zero-order valence-corrected chi connectivity index (χ0v) is 11.2. The Balaban J connectivity index is 2.01. The van der Waals surface area contributed by atoms with Crippen molar-refractivity contribution in [1.82, 2.24) is 0 Å². The van der Waals surface area contributed by atoms with Gasteiger partial charge in [0.1, 0.15) is 5.82 Å². The summed E-state index contributed by atoms with van der Waals surface area (Å²) in [7, 11) is 0. The molecule has 0 amide bonds. The number of aliphatic hydroxyl groups is 1. The molecule has 1 aromatic rings. The van der Waals surface area contributed by atoms with Gasteiger partial charge in [-0.25, -0.2) is 4.39 Å². The van der Waals surface area contributed by atoms with E-state index in [2.05, 4.69) is 0 Å². The van der Waals surface area contributed by atoms with E-state index in [0.717, 1.165) is 17.5 Å². The van der Waals surface area contributed by atoms with Crippen LogP contribution in [0.4, 0.5) is 4.39 Å². The molecular weight excluding hydrogens is 227 g/mol. The molecule has 1 saturated carbocycles. The van der Waals surface area contributed by atoms with E-state index in [1.807, 2.05) is 6.92 Å². The maximum Gasteiger partial charge on any atom is 0.123 e. The minimum absolute atomic E-state index is 0.254. The number of hydrogen-bond acceptors (Lipinski definition) is 1. The van der Waals surface area contributed by atoms with Crippen LogP contribution in [0.25, 0.3) is 0 Å². The van der Waals surface area contributed by atoms with Gasteiger partial charge in [-0.3, -0.25) is 0 Å². The first kappa shape index (κ1) is 13.5. The van der Waals surface area contributed by atoms with Crippen molar-refractivity contribution in [2.24, 2.45) is 5.92 Å². The molecule has 1 unspecified atom stereocenters. The lowest BCUT2D eigenvalue weighted by atomic mass is 9.89. The van der Waals surface area contributed by atoms with E-state index >= 15 is 0 Å². The molecule has 0 heterocycles. The van der Waals surface area contributed by atoms with Crippen LogP contribution in [0, 0.1) is 18.7 Å². The molecule has 0 bridgehead atoms. The van der Waals surface area contributed by atoms with Crippen LogP contribution in [0.5, 0.6) is 0 Å². The lowest BCUT2D eigenvalue weighted by molar-refractivity contribution is 0.138. The lowest BCUT2D eigenvalue weighted by Gasteiger charge is -2.20. The highest BCUT2D eigenvalue weighted by Gasteiger charge is 2.19. The van der Waals surface area contributed by atoms with E-state index in [9.17, 15) is 9.50 Å². The number of halogens is 1. The third-order valence-electron chi connectivity index (χ3n) is 4.13. The second kappa shape index (κ2) is 6.33. The van der Waals surface area contributed by atoms with E-state index < -0.39 is 6.10 Å². The maximum atomic E-state index is 13.2. The summed E-state index contributed by atoms with van der Waals surface area (Å²) in [5, 5.41) is 10.3. The standard InChI is InChI=1S/C16H23FO/c1-12-8-9-14(17)11-15(12)16(18)10-13-6-4-2-3-5-7-13/h8-9,11,13,16,18H,2-7,10H2,1H3. The number of rotatable bonds is 3. The third-order valence-corrected chi connectivity index (χ3v) is 4.13. The lowest BCUT2D eigenvalue weighted by Crippen LogP contribution is -2.08. The van der Waals surface area contributed by atoms with Gasteiger partial charge in [0.05, 0.1) is 6.10 Å². The van der Waals surface area contributed by atoms with Crippen molar-refractivity contribution >= 4 is 0 Å². The number of aliphatic hydroxyl groups excluding tert-OH is 1. The molecule has 1 fully saturated rings. The number of benzene rings is 1. The molecule has 2 rings (SSSR count). The average Bonchev–Trinajstić information content (AvgIpc) is 2.61. The summed E-state index contributed by atoms with van der Waals surface area (Å²) in [5.74, 6) is 0.348. The molecule has 1 N–H and O–H groups in total. The molecule has 1 nitrogen and oxygen atoms in total. The highest BCUT2D eigenvalue weighted by molar-refractivity contribution is 5.28. The Bertz CT molecular complexity index is 381. The van der Waals surface area contributed by atoms with Gasteiger partial charge < -0.3 is 5.11 Å². The van der Waals surface area contributed by atoms with Gasteiger partial charge in [-0.2, -0.15) is 0 Å². The predicted molar refractivity (Wildman–Crippen MR) is 71.9 cm³/mol. The van der Waals surface area contributed by atoms with Gasteiger partial charge >= 0.3 is 0 Å². The molecule has 100 valence electrons. The van der Waals surface area contributed by atoms with Gasteiger partial charge in [0, 0.05) is 0 Å².